The molecule has 15 heavy (non-hydrogen) atoms. The maximum Gasteiger partial charge on any atom is 0.0263 e. The van der Waals surface area contributed by atoms with E-state index in [0.717, 1.165) is 36.7 Å². The number of nitrogens with two attached hydrogens (primary N) is 1. The van der Waals surface area contributed by atoms with Crippen molar-refractivity contribution in [1.29, 1.82) is 0 Å². The first-order valence-electron chi connectivity index (χ1n) is 6.33. The van der Waals surface area contributed by atoms with Gasteiger partial charge in [-0.3, -0.25) is 4.21 Å². The molecule has 0 aliphatic heterocycles. The van der Waals surface area contributed by atoms with Crippen LogP contribution in [-0.4, -0.2) is 21.8 Å². The molecule has 1 saturated carbocycles. The van der Waals surface area contributed by atoms with Gasteiger partial charge in [-0.2, -0.15) is 0 Å². The second kappa shape index (κ2) is 7.39. The maximum atomic E-state index is 11.7. The summed E-state index contributed by atoms with van der Waals surface area (Å²) in [6, 6.07) is 0.313. The molecule has 0 radical (unpaired) electrons. The van der Waals surface area contributed by atoms with Crippen LogP contribution >= 0.6 is 0 Å². The van der Waals surface area contributed by atoms with Crippen molar-refractivity contribution < 1.29 is 4.21 Å². The van der Waals surface area contributed by atoms with Crippen LogP contribution in [0.3, 0.4) is 0 Å². The van der Waals surface area contributed by atoms with Gasteiger partial charge in [-0.05, 0) is 38.0 Å². The molecule has 1 aliphatic rings. The normalized spacial score (nSPS) is 21.7. The van der Waals surface area contributed by atoms with Crippen LogP contribution in [0.2, 0.25) is 0 Å². The highest BCUT2D eigenvalue weighted by Crippen LogP contribution is 2.25. The minimum Gasteiger partial charge on any atom is -0.328 e. The maximum absolute atomic E-state index is 11.7. The summed E-state index contributed by atoms with van der Waals surface area (Å²) in [7, 11) is -0.584. The van der Waals surface area contributed by atoms with Crippen molar-refractivity contribution in [2.24, 2.45) is 11.7 Å². The summed E-state index contributed by atoms with van der Waals surface area (Å²) in [4.78, 5) is 0. The molecule has 2 unspecified atom stereocenters. The summed E-state index contributed by atoms with van der Waals surface area (Å²) in [5, 5.41) is 0. The Balaban J connectivity index is 2.02. The lowest BCUT2D eigenvalue weighted by molar-refractivity contribution is 0.579. The van der Waals surface area contributed by atoms with E-state index in [1.807, 2.05) is 0 Å². The van der Waals surface area contributed by atoms with E-state index in [2.05, 4.69) is 6.92 Å². The fraction of sp³-hybridized carbons (Fsp3) is 1.00. The third kappa shape index (κ3) is 5.67. The molecule has 0 saturated heterocycles. The van der Waals surface area contributed by atoms with Gasteiger partial charge in [0.15, 0.2) is 0 Å². The van der Waals surface area contributed by atoms with Crippen LogP contribution in [0.4, 0.5) is 0 Å². The van der Waals surface area contributed by atoms with Crippen molar-refractivity contribution in [2.45, 2.75) is 57.9 Å². The first kappa shape index (κ1) is 13.2. The lowest BCUT2D eigenvalue weighted by Crippen LogP contribution is -2.19. The topological polar surface area (TPSA) is 43.1 Å². The zero-order valence-electron chi connectivity index (χ0n) is 9.91. The van der Waals surface area contributed by atoms with Gasteiger partial charge >= 0.3 is 0 Å². The van der Waals surface area contributed by atoms with Gasteiger partial charge in [0.1, 0.15) is 0 Å². The zero-order valence-corrected chi connectivity index (χ0v) is 10.7. The summed E-state index contributed by atoms with van der Waals surface area (Å²) in [6.45, 7) is 2.11. The second-order valence-corrected chi connectivity index (χ2v) is 6.39. The average molecular weight is 231 g/mol. The van der Waals surface area contributed by atoms with Crippen molar-refractivity contribution in [2.75, 3.05) is 11.5 Å². The fourth-order valence-corrected chi connectivity index (χ4v) is 3.75. The Labute approximate surface area is 96.5 Å². The summed E-state index contributed by atoms with van der Waals surface area (Å²) < 4.78 is 11.7. The molecule has 3 heteroatoms. The predicted octanol–water partition coefficient (Wildman–Crippen LogP) is 2.44. The molecular formula is C12H25NOS. The van der Waals surface area contributed by atoms with Crippen molar-refractivity contribution in [3.05, 3.63) is 0 Å². The molecule has 0 aromatic carbocycles. The summed E-state index contributed by atoms with van der Waals surface area (Å²) in [6.07, 6.45) is 8.42. The van der Waals surface area contributed by atoms with Crippen molar-refractivity contribution in [3.8, 4) is 0 Å². The Bertz CT molecular complexity index is 190. The van der Waals surface area contributed by atoms with Crippen LogP contribution in [0.1, 0.15) is 51.9 Å². The molecule has 2 N–H and O–H groups in total. The molecule has 1 aliphatic carbocycles. The molecule has 1 rings (SSSR count). The van der Waals surface area contributed by atoms with Crippen LogP contribution < -0.4 is 5.73 Å². The molecule has 90 valence electrons. The van der Waals surface area contributed by atoms with Crippen molar-refractivity contribution in [1.82, 2.24) is 0 Å². The largest absolute Gasteiger partial charge is 0.328 e. The van der Waals surface area contributed by atoms with Gasteiger partial charge < -0.3 is 5.73 Å². The van der Waals surface area contributed by atoms with Gasteiger partial charge in [0, 0.05) is 28.3 Å². The Morgan fingerprint density at radius 1 is 1.40 bits per heavy atom. The quantitative estimate of drug-likeness (QED) is 0.731. The lowest BCUT2D eigenvalue weighted by atomic mass is 10.1. The molecule has 2 atom stereocenters. The first-order chi connectivity index (χ1) is 7.22. The molecular weight excluding hydrogens is 206 g/mol. The van der Waals surface area contributed by atoms with Gasteiger partial charge in [0.05, 0.1) is 0 Å². The molecule has 2 nitrogen and oxygen atoms in total. The van der Waals surface area contributed by atoms with Crippen molar-refractivity contribution in [3.63, 3.8) is 0 Å². The van der Waals surface area contributed by atoms with Crippen LogP contribution in [0.25, 0.3) is 0 Å². The first-order valence-corrected chi connectivity index (χ1v) is 7.81. The van der Waals surface area contributed by atoms with Gasteiger partial charge in [0.25, 0.3) is 0 Å². The monoisotopic (exact) mass is 231 g/mol. The standard InChI is InChI=1S/C12H25NOS/c1-2-12(13)8-5-9-15(14)10-11-6-3-4-7-11/h11-12H,2-10,13H2,1H3. The van der Waals surface area contributed by atoms with E-state index in [-0.39, 0.29) is 0 Å². The fourth-order valence-electron chi connectivity index (χ4n) is 2.23. The smallest absolute Gasteiger partial charge is 0.0263 e. The van der Waals surface area contributed by atoms with E-state index in [9.17, 15) is 4.21 Å². The average Bonchev–Trinajstić information content (AvgIpc) is 2.70. The van der Waals surface area contributed by atoms with Crippen molar-refractivity contribution >= 4 is 10.8 Å². The van der Waals surface area contributed by atoms with E-state index >= 15 is 0 Å². The van der Waals surface area contributed by atoms with Gasteiger partial charge in [-0.1, -0.05) is 19.8 Å². The summed E-state index contributed by atoms with van der Waals surface area (Å²) in [5.74, 6) is 2.57. The summed E-state index contributed by atoms with van der Waals surface area (Å²) in [5.41, 5.74) is 5.82. The van der Waals surface area contributed by atoms with Gasteiger partial charge in [-0.15, -0.1) is 0 Å². The minimum absolute atomic E-state index is 0.313. The third-order valence-corrected chi connectivity index (χ3v) is 4.95. The van der Waals surface area contributed by atoms with E-state index in [4.69, 9.17) is 5.73 Å². The Hall–Kier alpha value is 0.110. The predicted molar refractivity (Wildman–Crippen MR) is 67.3 cm³/mol. The van der Waals surface area contributed by atoms with E-state index in [1.165, 1.54) is 25.7 Å². The van der Waals surface area contributed by atoms with E-state index in [0.29, 0.717) is 6.04 Å². The van der Waals surface area contributed by atoms with E-state index in [1.54, 1.807) is 0 Å². The minimum atomic E-state index is -0.584. The van der Waals surface area contributed by atoms with Gasteiger partial charge in [-0.25, -0.2) is 0 Å². The SMILES string of the molecule is CCC(N)CCCS(=O)CC1CCCC1. The Kier molecular flexibility index (Phi) is 6.50. The molecule has 0 aromatic heterocycles. The highest BCUT2D eigenvalue weighted by molar-refractivity contribution is 7.84. The Morgan fingerprint density at radius 3 is 2.67 bits per heavy atom. The van der Waals surface area contributed by atoms with Crippen LogP contribution in [0.5, 0.6) is 0 Å². The third-order valence-electron chi connectivity index (χ3n) is 3.37. The molecule has 0 spiro atoms. The van der Waals surface area contributed by atoms with Crippen LogP contribution in [0, 0.1) is 5.92 Å². The second-order valence-electron chi connectivity index (χ2n) is 4.77. The van der Waals surface area contributed by atoms with E-state index < -0.39 is 10.8 Å². The highest BCUT2D eigenvalue weighted by atomic mass is 32.2. The van der Waals surface area contributed by atoms with Crippen LogP contribution in [0.15, 0.2) is 0 Å². The number of rotatable bonds is 7. The summed E-state index contributed by atoms with van der Waals surface area (Å²) >= 11 is 0. The lowest BCUT2D eigenvalue weighted by Gasteiger charge is -2.10. The number of hydrogen-bond donors (Lipinski definition) is 1. The molecule has 0 heterocycles. The molecule has 0 bridgehead atoms. The zero-order chi connectivity index (χ0) is 11.1. The van der Waals surface area contributed by atoms with Gasteiger partial charge in [0.2, 0.25) is 0 Å². The Morgan fingerprint density at radius 2 is 2.07 bits per heavy atom. The molecule has 1 fully saturated rings. The molecule has 0 amide bonds. The number of hydrogen-bond acceptors (Lipinski definition) is 2. The molecule has 0 aromatic rings. The highest BCUT2D eigenvalue weighted by Gasteiger charge is 2.17. The van der Waals surface area contributed by atoms with Crippen LogP contribution in [-0.2, 0) is 10.8 Å².